The number of fused-ring (bicyclic) bond motifs is 5. The van der Waals surface area contributed by atoms with Crippen LogP contribution >= 0.6 is 11.8 Å². The summed E-state index contributed by atoms with van der Waals surface area (Å²) in [7, 11) is 0. The molecule has 2 heterocycles. The van der Waals surface area contributed by atoms with Crippen molar-refractivity contribution in [2.75, 3.05) is 12.4 Å². The van der Waals surface area contributed by atoms with Crippen molar-refractivity contribution in [2.45, 2.75) is 128 Å². The van der Waals surface area contributed by atoms with Gasteiger partial charge in [0.05, 0.1) is 35.9 Å². The Bertz CT molecular complexity index is 1940. The Kier molecular flexibility index (Phi) is 13.0. The number of hydrogen-bond acceptors (Lipinski definition) is 16. The van der Waals surface area contributed by atoms with Crippen LogP contribution in [0.15, 0.2) is 53.1 Å². The van der Waals surface area contributed by atoms with Gasteiger partial charge in [-0.3, -0.25) is 19.2 Å². The number of aliphatic hydroxyl groups is 3. The van der Waals surface area contributed by atoms with Crippen LogP contribution in [-0.4, -0.2) is 110 Å². The number of nitrogens with one attached hydrogen (secondary N) is 1. The molecule has 2 aromatic rings. The Morgan fingerprint density at radius 3 is 2.28 bits per heavy atom. The maximum absolute atomic E-state index is 15.5. The van der Waals surface area contributed by atoms with E-state index in [4.69, 9.17) is 28.1 Å². The van der Waals surface area contributed by atoms with Gasteiger partial charge in [0.1, 0.15) is 35.7 Å². The molecule has 1 amide bonds. The molecule has 328 valence electrons. The first kappa shape index (κ1) is 45.2. The van der Waals surface area contributed by atoms with Gasteiger partial charge >= 0.3 is 23.9 Å². The van der Waals surface area contributed by atoms with Crippen LogP contribution in [0.3, 0.4) is 0 Å². The highest BCUT2D eigenvalue weighted by atomic mass is 32.2. The van der Waals surface area contributed by atoms with E-state index in [0.717, 1.165) is 38.5 Å². The van der Waals surface area contributed by atoms with Gasteiger partial charge < -0.3 is 48.7 Å². The number of esters is 4. The molecule has 13 atom stereocenters. The van der Waals surface area contributed by atoms with Gasteiger partial charge in [-0.05, 0) is 37.6 Å². The predicted molar refractivity (Wildman–Crippen MR) is 212 cm³/mol. The Morgan fingerprint density at radius 1 is 1.00 bits per heavy atom. The predicted octanol–water partition coefficient (Wildman–Crippen LogP) is 4.08. The summed E-state index contributed by atoms with van der Waals surface area (Å²) in [6.45, 7) is 10.2. The second-order valence-electron chi connectivity index (χ2n) is 17.2. The van der Waals surface area contributed by atoms with Crippen molar-refractivity contribution in [3.63, 3.8) is 0 Å². The molecule has 2 bridgehead atoms. The third-order valence-electron chi connectivity index (χ3n) is 13.4. The molecule has 3 aliphatic carbocycles. The van der Waals surface area contributed by atoms with Crippen LogP contribution in [0.5, 0.6) is 0 Å². The Balaban J connectivity index is 1.49. The van der Waals surface area contributed by atoms with Crippen molar-refractivity contribution in [3.8, 4) is 0 Å². The van der Waals surface area contributed by atoms with E-state index in [1.165, 1.54) is 37.5 Å². The van der Waals surface area contributed by atoms with E-state index in [1.807, 2.05) is 6.92 Å². The van der Waals surface area contributed by atoms with Crippen LogP contribution in [0.1, 0.15) is 96.3 Å². The first-order valence-corrected chi connectivity index (χ1v) is 21.3. The minimum atomic E-state index is -2.33. The van der Waals surface area contributed by atoms with Gasteiger partial charge in [0.25, 0.3) is 5.24 Å². The fraction of sp³-hybridized carbons (Fsp3) is 0.628. The molecule has 1 aromatic carbocycles. The molecule has 17 heteroatoms. The molecule has 3 saturated carbocycles. The summed E-state index contributed by atoms with van der Waals surface area (Å²) in [6, 6.07) is 9.47. The van der Waals surface area contributed by atoms with Crippen molar-refractivity contribution in [3.05, 3.63) is 60.1 Å². The van der Waals surface area contributed by atoms with Gasteiger partial charge in [0.2, 0.25) is 0 Å². The Labute approximate surface area is 352 Å². The lowest BCUT2D eigenvalue weighted by Gasteiger charge is -2.69. The number of carbonyl (C=O) groups excluding carboxylic acids is 6. The number of furan rings is 1. The number of Topliss-reactive ketones (excluding diaryl/α,β-unsaturated/α-hetero) is 1. The third kappa shape index (κ3) is 7.76. The van der Waals surface area contributed by atoms with Crippen LogP contribution < -0.4 is 5.32 Å². The summed E-state index contributed by atoms with van der Waals surface area (Å²) < 4.78 is 35.8. The molecule has 0 spiro atoms. The minimum absolute atomic E-state index is 0.0575. The average molecular weight is 858 g/mol. The minimum Gasteiger partial charge on any atom is -0.467 e. The first-order chi connectivity index (χ1) is 28.2. The van der Waals surface area contributed by atoms with Crippen molar-refractivity contribution < 1.29 is 72.2 Å². The van der Waals surface area contributed by atoms with Gasteiger partial charge in [0, 0.05) is 49.7 Å². The van der Waals surface area contributed by atoms with E-state index in [0.29, 0.717) is 5.75 Å². The van der Waals surface area contributed by atoms with Gasteiger partial charge in [-0.1, -0.05) is 64.1 Å². The highest BCUT2D eigenvalue weighted by Crippen LogP contribution is 2.65. The molecule has 0 radical (unpaired) electrons. The van der Waals surface area contributed by atoms with E-state index in [1.54, 1.807) is 39.0 Å². The van der Waals surface area contributed by atoms with E-state index in [2.05, 4.69) is 5.32 Å². The zero-order valence-corrected chi connectivity index (χ0v) is 35.6. The molecular formula is C43H55NO15S. The van der Waals surface area contributed by atoms with E-state index in [-0.39, 0.29) is 24.4 Å². The van der Waals surface area contributed by atoms with Crippen LogP contribution in [0.2, 0.25) is 0 Å². The number of amides is 1. The molecule has 1 aromatic heterocycles. The molecule has 4 aliphatic rings. The quantitative estimate of drug-likeness (QED) is 0.134. The average Bonchev–Trinajstić information content (AvgIpc) is 3.73. The molecule has 2 unspecified atom stereocenters. The van der Waals surface area contributed by atoms with Crippen molar-refractivity contribution in [1.29, 1.82) is 0 Å². The second-order valence-corrected chi connectivity index (χ2v) is 18.3. The number of ketones is 1. The fourth-order valence-corrected chi connectivity index (χ4v) is 11.0. The number of aliphatic hydroxyl groups excluding tert-OH is 2. The van der Waals surface area contributed by atoms with Crippen LogP contribution in [0, 0.1) is 28.6 Å². The number of rotatable bonds is 12. The van der Waals surface area contributed by atoms with Crippen LogP contribution in [0.25, 0.3) is 0 Å². The van der Waals surface area contributed by atoms with Crippen molar-refractivity contribution in [1.82, 2.24) is 5.32 Å². The summed E-state index contributed by atoms with van der Waals surface area (Å²) in [5, 5.41) is 39.4. The molecule has 16 nitrogen and oxygen atoms in total. The number of carbonyl (C=O) groups is 6. The highest BCUT2D eigenvalue weighted by molar-refractivity contribution is 8.13. The molecule has 1 aliphatic heterocycles. The second kappa shape index (κ2) is 17.2. The lowest BCUT2D eigenvalue weighted by molar-refractivity contribution is -0.355. The monoisotopic (exact) mass is 857 g/mol. The summed E-state index contributed by atoms with van der Waals surface area (Å²) in [5.41, 5.74) is -7.55. The van der Waals surface area contributed by atoms with Gasteiger partial charge in [0.15, 0.2) is 23.6 Å². The maximum atomic E-state index is 15.5. The number of thioether (sulfide) groups is 1. The number of ether oxygens (including phenoxy) is 5. The van der Waals surface area contributed by atoms with Crippen molar-refractivity contribution in [2.24, 2.45) is 28.6 Å². The van der Waals surface area contributed by atoms with Gasteiger partial charge in [-0.2, -0.15) is 0 Å². The summed E-state index contributed by atoms with van der Waals surface area (Å²) >= 11 is 0.971. The smallest absolute Gasteiger partial charge is 0.338 e. The summed E-state index contributed by atoms with van der Waals surface area (Å²) in [4.78, 5) is 82.7. The SMILES string of the molecule is CCCCSC(=O)N[C@@H](c1ccco1)[C@@H](O)C(=O)O[C@H]1C[C@@]2(O)[C@@H](OC(=O)c3ccccc3)[C@@H]3[C@]4(OC(C)=O)CO[C@@H]4C[C@H](O)[C@@]3(C)C(=O)[C@H](OC(C)=O)C(C1C)C2(C)C. The maximum Gasteiger partial charge on any atom is 0.338 e. The van der Waals surface area contributed by atoms with E-state index < -0.39 is 124 Å². The van der Waals surface area contributed by atoms with Crippen LogP contribution in [0.4, 0.5) is 4.79 Å². The lowest BCUT2D eigenvalue weighted by atomic mass is 9.42. The number of hydrogen-bond donors (Lipinski definition) is 4. The molecule has 1 saturated heterocycles. The molecule has 4 N–H and O–H groups in total. The van der Waals surface area contributed by atoms with Crippen molar-refractivity contribution >= 4 is 46.7 Å². The Hall–Kier alpha value is -4.29. The summed E-state index contributed by atoms with van der Waals surface area (Å²) in [5.74, 6) is -7.66. The van der Waals surface area contributed by atoms with Crippen LogP contribution in [-0.2, 0) is 42.9 Å². The standard InChI is InChI=1S/C43H55NO15S/c1-8-9-18-60-39(52)44-31(26-16-13-17-54-26)32(48)38(51)57-27-20-43(53)36(58-37(50)25-14-11-10-12-15-25)34-41(7,28(47)19-29-42(34,21-55-29)59-24(4)46)35(49)33(56-23(3)45)30(22(27)2)40(43,5)6/h10-17,22,27-34,36,47-48,53H,8-9,18-21H2,1-7H3,(H,44,52)/t22?,27-,28-,29+,30?,31-,32+,33+,34-,36-,41+,42-,43+/m0/s1. The van der Waals surface area contributed by atoms with Gasteiger partial charge in [-0.15, -0.1) is 0 Å². The zero-order valence-electron chi connectivity index (χ0n) is 34.8. The molecular weight excluding hydrogens is 803 g/mol. The largest absolute Gasteiger partial charge is 0.467 e. The fourth-order valence-electron chi connectivity index (χ4n) is 10.2. The molecule has 6 rings (SSSR count). The number of benzene rings is 1. The zero-order chi connectivity index (χ0) is 43.9. The first-order valence-electron chi connectivity index (χ1n) is 20.3. The topological polar surface area (TPSA) is 234 Å². The van der Waals surface area contributed by atoms with E-state index >= 15 is 4.79 Å². The van der Waals surface area contributed by atoms with Gasteiger partial charge in [-0.25, -0.2) is 9.59 Å². The number of unbranched alkanes of at least 4 members (excludes halogenated alkanes) is 1. The highest BCUT2D eigenvalue weighted by Gasteiger charge is 2.79. The normalized spacial score (nSPS) is 35.1. The lowest BCUT2D eigenvalue weighted by Crippen LogP contribution is -2.83. The molecule has 4 fully saturated rings. The summed E-state index contributed by atoms with van der Waals surface area (Å²) in [6.07, 6.45) is -7.22. The third-order valence-corrected chi connectivity index (χ3v) is 14.3. The molecule has 60 heavy (non-hydrogen) atoms. The Morgan fingerprint density at radius 2 is 1.70 bits per heavy atom. The van der Waals surface area contributed by atoms with E-state index in [9.17, 15) is 39.3 Å².